The molecule has 0 amide bonds. The van der Waals surface area contributed by atoms with Gasteiger partial charge in [0.2, 0.25) is 22.4 Å². The number of para-hydroxylation sites is 2. The van der Waals surface area contributed by atoms with Crippen molar-refractivity contribution in [2.24, 2.45) is 0 Å². The van der Waals surface area contributed by atoms with E-state index in [1.165, 1.54) is 0 Å². The van der Waals surface area contributed by atoms with Crippen LogP contribution >= 0.6 is 0 Å². The number of rotatable bonds is 0. The van der Waals surface area contributed by atoms with Crippen LogP contribution in [0.4, 0.5) is 0 Å². The molecule has 4 aromatic rings. The van der Waals surface area contributed by atoms with Crippen molar-refractivity contribution in [1.82, 2.24) is 0 Å². The fourth-order valence-corrected chi connectivity index (χ4v) is 2.49. The zero-order chi connectivity index (χ0) is 18.8. The summed E-state index contributed by atoms with van der Waals surface area (Å²) in [4.78, 5) is 22.9. The number of hydrogen-bond acceptors (Lipinski definition) is 6. The summed E-state index contributed by atoms with van der Waals surface area (Å²) < 4.78 is 10.4. The van der Waals surface area contributed by atoms with Gasteiger partial charge in [-0.2, -0.15) is 0 Å². The van der Waals surface area contributed by atoms with Crippen molar-refractivity contribution in [3.63, 3.8) is 0 Å². The number of hydrogen-bond donors (Lipinski definition) is 2. The van der Waals surface area contributed by atoms with Crippen LogP contribution in [-0.4, -0.2) is 10.2 Å². The molecule has 0 aliphatic heterocycles. The van der Waals surface area contributed by atoms with Gasteiger partial charge in [0.25, 0.3) is 0 Å². The Hall–Kier alpha value is -3.54. The molecule has 0 saturated heterocycles. The highest BCUT2D eigenvalue weighted by atomic mass is 16.4. The van der Waals surface area contributed by atoms with Crippen LogP contribution in [0.25, 0.3) is 21.9 Å². The summed E-state index contributed by atoms with van der Waals surface area (Å²) in [5, 5.41) is 19.4. The summed E-state index contributed by atoms with van der Waals surface area (Å²) in [6.45, 7) is 3.12. The molecule has 132 valence electrons. The van der Waals surface area contributed by atoms with E-state index in [1.54, 1.807) is 62.4 Å². The molecule has 0 spiro atoms. The highest BCUT2D eigenvalue weighted by Crippen LogP contribution is 2.18. The van der Waals surface area contributed by atoms with Crippen molar-refractivity contribution in [1.29, 1.82) is 0 Å². The molecular formula is C20H16O6. The minimum atomic E-state index is -0.376. The van der Waals surface area contributed by atoms with Crippen LogP contribution in [0.3, 0.4) is 0 Å². The maximum absolute atomic E-state index is 11.4. The monoisotopic (exact) mass is 352 g/mol. The Morgan fingerprint density at radius 1 is 0.654 bits per heavy atom. The number of aromatic hydroxyl groups is 2. The van der Waals surface area contributed by atoms with Gasteiger partial charge in [-0.25, -0.2) is 0 Å². The zero-order valence-electron chi connectivity index (χ0n) is 14.1. The lowest BCUT2D eigenvalue weighted by atomic mass is 10.2. The quantitative estimate of drug-likeness (QED) is 0.501. The van der Waals surface area contributed by atoms with Crippen molar-refractivity contribution in [2.75, 3.05) is 0 Å². The van der Waals surface area contributed by atoms with Crippen molar-refractivity contribution in [2.45, 2.75) is 13.8 Å². The fraction of sp³-hybridized carbons (Fsp3) is 0.100. The first-order valence-corrected chi connectivity index (χ1v) is 7.83. The van der Waals surface area contributed by atoms with Gasteiger partial charge in [-0.15, -0.1) is 0 Å². The fourth-order valence-electron chi connectivity index (χ4n) is 2.49. The lowest BCUT2D eigenvalue weighted by Crippen LogP contribution is -2.01. The Morgan fingerprint density at radius 3 is 1.38 bits per heavy atom. The molecule has 2 aromatic heterocycles. The number of aryl methyl sites for hydroxylation is 2. The first kappa shape index (κ1) is 17.3. The van der Waals surface area contributed by atoms with Gasteiger partial charge >= 0.3 is 0 Å². The predicted molar refractivity (Wildman–Crippen MR) is 97.8 cm³/mol. The van der Waals surface area contributed by atoms with Crippen molar-refractivity contribution >= 4 is 21.9 Å². The number of fused-ring (bicyclic) bond motifs is 2. The summed E-state index contributed by atoms with van der Waals surface area (Å²) in [6, 6.07) is 13.7. The van der Waals surface area contributed by atoms with Crippen LogP contribution in [0.1, 0.15) is 11.5 Å². The van der Waals surface area contributed by atoms with E-state index in [4.69, 9.17) is 8.83 Å². The number of benzene rings is 2. The summed E-state index contributed by atoms with van der Waals surface area (Å²) in [7, 11) is 0. The van der Waals surface area contributed by atoms with Gasteiger partial charge in [-0.1, -0.05) is 24.3 Å². The molecule has 0 bridgehead atoms. The molecule has 0 radical (unpaired) electrons. The second kappa shape index (κ2) is 6.76. The third-order valence-corrected chi connectivity index (χ3v) is 3.89. The van der Waals surface area contributed by atoms with Gasteiger partial charge in [-0.05, 0) is 38.1 Å². The minimum Gasteiger partial charge on any atom is -0.502 e. The largest absolute Gasteiger partial charge is 0.502 e. The third-order valence-electron chi connectivity index (χ3n) is 3.89. The normalized spacial score (nSPS) is 10.5. The van der Waals surface area contributed by atoms with Crippen LogP contribution in [-0.2, 0) is 0 Å². The topological polar surface area (TPSA) is 101 Å². The van der Waals surface area contributed by atoms with E-state index in [0.29, 0.717) is 21.9 Å². The average molecular weight is 352 g/mol. The molecule has 4 rings (SSSR count). The lowest BCUT2D eigenvalue weighted by Gasteiger charge is -1.99. The van der Waals surface area contributed by atoms with Gasteiger partial charge in [0, 0.05) is 0 Å². The molecular weight excluding hydrogens is 336 g/mol. The molecule has 2 N–H and O–H groups in total. The van der Waals surface area contributed by atoms with Crippen molar-refractivity contribution in [3.05, 3.63) is 80.5 Å². The summed E-state index contributed by atoms with van der Waals surface area (Å²) >= 11 is 0. The minimum absolute atomic E-state index is 0.253. The summed E-state index contributed by atoms with van der Waals surface area (Å²) in [5.74, 6) is -0.107. The van der Waals surface area contributed by atoms with E-state index in [0.717, 1.165) is 0 Å². The maximum atomic E-state index is 11.4. The first-order chi connectivity index (χ1) is 12.4. The summed E-state index contributed by atoms with van der Waals surface area (Å²) in [5.41, 5.74) is 0.254. The van der Waals surface area contributed by atoms with Gasteiger partial charge in [0.1, 0.15) is 22.7 Å². The molecule has 0 saturated carbocycles. The Balaban J connectivity index is 0.000000151. The average Bonchev–Trinajstić information content (AvgIpc) is 2.65. The van der Waals surface area contributed by atoms with Gasteiger partial charge in [0.15, 0.2) is 0 Å². The van der Waals surface area contributed by atoms with Crippen LogP contribution in [0.15, 0.2) is 67.0 Å². The van der Waals surface area contributed by atoms with Gasteiger partial charge in [-0.3, -0.25) is 9.59 Å². The highest BCUT2D eigenvalue weighted by Gasteiger charge is 2.09. The SMILES string of the molecule is Cc1oc2ccccc2c(=O)c1O.Cc1oc2ccccc2c(=O)c1O. The first-order valence-electron chi connectivity index (χ1n) is 7.83. The van der Waals surface area contributed by atoms with E-state index in [9.17, 15) is 19.8 Å². The van der Waals surface area contributed by atoms with Crippen LogP contribution in [0, 0.1) is 13.8 Å². The van der Waals surface area contributed by atoms with Crippen molar-refractivity contribution in [3.8, 4) is 11.5 Å². The molecule has 6 heteroatoms. The molecule has 0 atom stereocenters. The Labute approximate surface area is 147 Å². The van der Waals surface area contributed by atoms with E-state index in [1.807, 2.05) is 0 Å². The molecule has 26 heavy (non-hydrogen) atoms. The lowest BCUT2D eigenvalue weighted by molar-refractivity contribution is 0.427. The van der Waals surface area contributed by atoms with Gasteiger partial charge in [0.05, 0.1) is 10.8 Å². The van der Waals surface area contributed by atoms with Crippen LogP contribution in [0.5, 0.6) is 11.5 Å². The second-order valence-corrected chi connectivity index (χ2v) is 5.66. The molecule has 0 unspecified atom stereocenters. The molecule has 6 nitrogen and oxygen atoms in total. The Morgan fingerprint density at radius 2 is 1.00 bits per heavy atom. The Kier molecular flexibility index (Phi) is 4.49. The smallest absolute Gasteiger partial charge is 0.234 e. The third kappa shape index (κ3) is 3.04. The highest BCUT2D eigenvalue weighted by molar-refractivity contribution is 5.78. The summed E-state index contributed by atoms with van der Waals surface area (Å²) in [6.07, 6.45) is 0. The van der Waals surface area contributed by atoms with E-state index in [2.05, 4.69) is 0 Å². The van der Waals surface area contributed by atoms with Crippen LogP contribution in [0.2, 0.25) is 0 Å². The molecule has 0 fully saturated rings. The van der Waals surface area contributed by atoms with Crippen molar-refractivity contribution < 1.29 is 19.0 Å². The predicted octanol–water partition coefficient (Wildman–Crippen LogP) is 3.61. The molecule has 0 aliphatic carbocycles. The van der Waals surface area contributed by atoms with E-state index >= 15 is 0 Å². The second-order valence-electron chi connectivity index (χ2n) is 5.66. The van der Waals surface area contributed by atoms with E-state index in [-0.39, 0.29) is 33.9 Å². The maximum Gasteiger partial charge on any atom is 0.234 e. The van der Waals surface area contributed by atoms with E-state index < -0.39 is 0 Å². The van der Waals surface area contributed by atoms with Gasteiger partial charge < -0.3 is 19.0 Å². The molecule has 0 aliphatic rings. The zero-order valence-corrected chi connectivity index (χ0v) is 14.1. The molecule has 2 aromatic carbocycles. The molecule has 2 heterocycles. The Bertz CT molecular complexity index is 1120. The standard InChI is InChI=1S/2C10H8O3/c2*1-6-9(11)10(12)7-4-2-3-5-8(7)13-6/h2*2-5,11H,1H3. The van der Waals surface area contributed by atoms with Crippen LogP contribution < -0.4 is 10.9 Å².